The van der Waals surface area contributed by atoms with Crippen molar-refractivity contribution in [2.45, 2.75) is 5.41 Å². The lowest BCUT2D eigenvalue weighted by Crippen LogP contribution is -2.28. The van der Waals surface area contributed by atoms with Crippen LogP contribution in [0.2, 0.25) is 0 Å². The highest BCUT2D eigenvalue weighted by atomic mass is 15.0. The number of benzene rings is 15. The van der Waals surface area contributed by atoms with Crippen LogP contribution in [-0.2, 0) is 5.41 Å². The molecular formula is C98H65N7. The molecule has 0 aliphatic heterocycles. The van der Waals surface area contributed by atoms with Crippen molar-refractivity contribution in [3.05, 3.63) is 417 Å². The first-order valence-electron chi connectivity index (χ1n) is 35.4. The molecule has 1 aliphatic carbocycles. The molecule has 3 aromatic heterocycles. The summed E-state index contributed by atoms with van der Waals surface area (Å²) in [5.74, 6) is 3.38. The highest BCUT2D eigenvalue weighted by Gasteiger charge is 2.46. The maximum absolute atomic E-state index is 5.04. The van der Waals surface area contributed by atoms with Crippen LogP contribution >= 0.6 is 0 Å². The minimum atomic E-state index is -0.487. The van der Waals surface area contributed by atoms with Crippen LogP contribution in [0, 0.1) is 0 Å². The van der Waals surface area contributed by atoms with Gasteiger partial charge < -0.3 is 0 Å². The Hall–Kier alpha value is -14.0. The van der Waals surface area contributed by atoms with Crippen molar-refractivity contribution in [2.24, 2.45) is 0 Å². The number of fused-ring (bicyclic) bond motifs is 6. The van der Waals surface area contributed by atoms with Crippen LogP contribution in [0.15, 0.2) is 394 Å². The average molecular weight is 1340 g/mol. The number of hydrogen-bond donors (Lipinski definition) is 0. The van der Waals surface area contributed by atoms with Gasteiger partial charge in [0, 0.05) is 50.1 Å². The highest BCUT2D eigenvalue weighted by Crippen LogP contribution is 2.58. The summed E-state index contributed by atoms with van der Waals surface area (Å²) in [6, 6.07) is 138. The van der Waals surface area contributed by atoms with Crippen LogP contribution in [0.4, 0.5) is 0 Å². The molecule has 3 heterocycles. The van der Waals surface area contributed by atoms with Gasteiger partial charge >= 0.3 is 0 Å². The maximum Gasteiger partial charge on any atom is 0.164 e. The van der Waals surface area contributed by atoms with E-state index in [0.29, 0.717) is 29.1 Å². The van der Waals surface area contributed by atoms with E-state index in [-0.39, 0.29) is 0 Å². The zero-order valence-electron chi connectivity index (χ0n) is 57.2. The van der Waals surface area contributed by atoms with Crippen molar-refractivity contribution in [1.29, 1.82) is 0 Å². The minimum absolute atomic E-state index is 0.487. The quantitative estimate of drug-likeness (QED) is 0.114. The van der Waals surface area contributed by atoms with E-state index in [2.05, 4.69) is 261 Å². The third-order valence-electron chi connectivity index (χ3n) is 20.0. The fourth-order valence-corrected chi connectivity index (χ4v) is 14.8. The lowest BCUT2D eigenvalue weighted by atomic mass is 9.67. The second kappa shape index (κ2) is 27.8. The van der Waals surface area contributed by atoms with E-state index in [1.54, 1.807) is 0 Å². The molecule has 15 aromatic carbocycles. The van der Waals surface area contributed by atoms with Crippen LogP contribution in [0.3, 0.4) is 0 Å². The Balaban J connectivity index is 0.000000152. The molecule has 1 unspecified atom stereocenters. The summed E-state index contributed by atoms with van der Waals surface area (Å²) >= 11 is 0. The van der Waals surface area contributed by atoms with Crippen molar-refractivity contribution in [2.75, 3.05) is 0 Å². The van der Waals surface area contributed by atoms with Gasteiger partial charge in [-0.15, -0.1) is 0 Å². The van der Waals surface area contributed by atoms with Crippen LogP contribution in [0.25, 0.3) is 157 Å². The van der Waals surface area contributed by atoms with Crippen LogP contribution < -0.4 is 0 Å². The zero-order valence-corrected chi connectivity index (χ0v) is 57.2. The number of nitrogens with zero attached hydrogens (tertiary/aromatic N) is 7. The molecule has 1 aliphatic rings. The Morgan fingerprint density at radius 3 is 0.990 bits per heavy atom. The highest BCUT2D eigenvalue weighted by molar-refractivity contribution is 6.04. The summed E-state index contributed by atoms with van der Waals surface area (Å²) in [5, 5.41) is 4.92. The van der Waals surface area contributed by atoms with Gasteiger partial charge in [0.15, 0.2) is 29.1 Å². The van der Waals surface area contributed by atoms with E-state index in [4.69, 9.17) is 34.9 Å². The van der Waals surface area contributed by atoms with E-state index >= 15 is 0 Å². The lowest BCUT2D eigenvalue weighted by Gasteiger charge is -2.34. The number of hydrogen-bond acceptors (Lipinski definition) is 7. The third kappa shape index (κ3) is 12.3. The second-order valence-electron chi connectivity index (χ2n) is 26.3. The molecule has 0 saturated heterocycles. The first-order valence-corrected chi connectivity index (χ1v) is 35.4. The van der Waals surface area contributed by atoms with Crippen molar-refractivity contribution in [3.63, 3.8) is 0 Å². The molecule has 0 saturated carbocycles. The van der Waals surface area contributed by atoms with Gasteiger partial charge in [0.25, 0.3) is 0 Å². The Kier molecular flexibility index (Phi) is 16.8. The molecule has 492 valence electrons. The van der Waals surface area contributed by atoms with E-state index in [9.17, 15) is 0 Å². The Bertz CT molecular complexity index is 5970. The summed E-state index contributed by atoms with van der Waals surface area (Å²) in [5.41, 5.74) is 24.4. The predicted octanol–water partition coefficient (Wildman–Crippen LogP) is 24.1. The molecule has 0 amide bonds. The normalized spacial score (nSPS) is 12.8. The van der Waals surface area contributed by atoms with Gasteiger partial charge in [0.1, 0.15) is 0 Å². The van der Waals surface area contributed by atoms with Gasteiger partial charge in [-0.05, 0) is 95.4 Å². The van der Waals surface area contributed by atoms with Gasteiger partial charge in [-0.25, -0.2) is 34.9 Å². The van der Waals surface area contributed by atoms with Crippen LogP contribution in [-0.4, -0.2) is 34.9 Å². The largest absolute Gasteiger partial charge is 0.228 e. The topological polar surface area (TPSA) is 90.2 Å². The Morgan fingerprint density at radius 1 is 0.171 bits per heavy atom. The molecule has 0 spiro atoms. The van der Waals surface area contributed by atoms with Gasteiger partial charge in [-0.3, -0.25) is 0 Å². The first-order chi connectivity index (χ1) is 52.0. The number of rotatable bonds is 13. The van der Waals surface area contributed by atoms with Crippen LogP contribution in [0.5, 0.6) is 0 Å². The minimum Gasteiger partial charge on any atom is -0.228 e. The van der Waals surface area contributed by atoms with E-state index in [1.807, 2.05) is 133 Å². The van der Waals surface area contributed by atoms with Gasteiger partial charge in [-0.2, -0.15) is 0 Å². The Morgan fingerprint density at radius 2 is 0.495 bits per heavy atom. The molecule has 7 nitrogen and oxygen atoms in total. The average Bonchev–Trinajstić information content (AvgIpc) is 1.54. The third-order valence-corrected chi connectivity index (χ3v) is 20.0. The smallest absolute Gasteiger partial charge is 0.164 e. The molecular weight excluding hydrogens is 1280 g/mol. The van der Waals surface area contributed by atoms with E-state index in [0.717, 1.165) is 89.5 Å². The molecule has 0 fully saturated rings. The molecule has 7 heteroatoms. The SMILES string of the molecule is c1ccc(-c2cc(-c3ccc(-c4ccc5cccc(-c6ccc(-c7cc(-c8ccccc8)nc(-c8ccccc8)n7)cc6)c5c4)cc3)nc(-c3ccccc3)n2)cc1.c1ccc(-c2nc(-c3ccccc3)nc(-c3ccc(C4(c5ccccc5)c5ccccc5-c5c4ccc4ccccc54)cc3)n2)cc1. The summed E-state index contributed by atoms with van der Waals surface area (Å²) < 4.78 is 0. The molecule has 0 N–H and O–H groups in total. The van der Waals surface area contributed by atoms with Crippen molar-refractivity contribution in [3.8, 4) is 135 Å². The zero-order chi connectivity index (χ0) is 69.9. The fraction of sp³-hybridized carbons (Fsp3) is 0.0102. The number of aromatic nitrogens is 7. The molecule has 0 bridgehead atoms. The van der Waals surface area contributed by atoms with E-state index in [1.165, 1.54) is 60.5 Å². The molecule has 105 heavy (non-hydrogen) atoms. The van der Waals surface area contributed by atoms with Crippen molar-refractivity contribution < 1.29 is 0 Å². The van der Waals surface area contributed by atoms with Gasteiger partial charge in [-0.1, -0.05) is 376 Å². The van der Waals surface area contributed by atoms with Crippen molar-refractivity contribution in [1.82, 2.24) is 34.9 Å². The molecule has 18 aromatic rings. The standard InChI is InChI=1S/C54H36N4.C44H29N3/c1-5-14-40(15-6-1)49-35-51(57-53(55-49)44-18-9-3-10-19-44)42-29-24-37(25-30-42)46-33-28-38-22-13-23-47(48(38)34-46)39-26-31-43(32-27-39)52-36-50(41-16-7-2-8-17-41)56-54(58-52)45-20-11-4-12-21-45;1-4-15-31(16-5-1)41-45-42(32-17-6-2-7-18-32)47-43(46-41)33-24-27-35(28-25-33)44(34-19-8-3-9-20-34)38-23-13-12-22-37(38)40-36-21-11-10-14-30(36)26-29-39(40)44/h1-36H;1-29H. The van der Waals surface area contributed by atoms with Crippen molar-refractivity contribution >= 4 is 21.5 Å². The molecule has 1 atom stereocenters. The summed E-state index contributed by atoms with van der Waals surface area (Å²) in [4.78, 5) is 34.9. The van der Waals surface area contributed by atoms with Gasteiger partial charge in [0.05, 0.1) is 28.2 Å². The van der Waals surface area contributed by atoms with Gasteiger partial charge in [0.2, 0.25) is 0 Å². The predicted molar refractivity (Wildman–Crippen MR) is 430 cm³/mol. The fourth-order valence-electron chi connectivity index (χ4n) is 14.8. The maximum atomic E-state index is 5.04. The lowest BCUT2D eigenvalue weighted by molar-refractivity contribution is 0.769. The molecule has 19 rings (SSSR count). The first kappa shape index (κ1) is 63.2. The monoisotopic (exact) mass is 1340 g/mol. The van der Waals surface area contributed by atoms with Crippen LogP contribution in [0.1, 0.15) is 22.3 Å². The van der Waals surface area contributed by atoms with E-state index < -0.39 is 5.41 Å². The second-order valence-corrected chi connectivity index (χ2v) is 26.3. The summed E-state index contributed by atoms with van der Waals surface area (Å²) in [6.45, 7) is 0. The Labute approximate surface area is 610 Å². The molecule has 0 radical (unpaired) electrons. The summed E-state index contributed by atoms with van der Waals surface area (Å²) in [7, 11) is 0. The summed E-state index contributed by atoms with van der Waals surface area (Å²) in [6.07, 6.45) is 0.